The molecule has 0 amide bonds. The third-order valence-corrected chi connectivity index (χ3v) is 4.78. The quantitative estimate of drug-likeness (QED) is 0.686. The average molecular weight is 316 g/mol. The van der Waals surface area contributed by atoms with Crippen molar-refractivity contribution in [3.05, 3.63) is 47.3 Å². The molecule has 21 heavy (non-hydrogen) atoms. The van der Waals surface area contributed by atoms with E-state index in [1.165, 1.54) is 10.5 Å². The molecule has 0 fully saturated rings. The highest BCUT2D eigenvalue weighted by Gasteiger charge is 2.08. The lowest BCUT2D eigenvalue weighted by Gasteiger charge is -2.00. The first kappa shape index (κ1) is 14.4. The minimum absolute atomic E-state index is 0.674. The molecule has 2 heterocycles. The zero-order valence-corrected chi connectivity index (χ0v) is 13.8. The third-order valence-electron chi connectivity index (χ3n) is 3.13. The van der Waals surface area contributed by atoms with E-state index >= 15 is 0 Å². The summed E-state index contributed by atoms with van der Waals surface area (Å²) in [7, 11) is 0. The highest BCUT2D eigenvalue weighted by molar-refractivity contribution is 7.98. The molecular formula is C15H16N4S2. The van der Waals surface area contributed by atoms with E-state index in [0.717, 1.165) is 22.3 Å². The number of fused-ring (bicyclic) bond motifs is 1. The van der Waals surface area contributed by atoms with E-state index < -0.39 is 0 Å². The molecule has 4 nitrogen and oxygen atoms in total. The molecule has 0 spiro atoms. The third kappa shape index (κ3) is 3.22. The first-order valence-electron chi connectivity index (χ1n) is 6.62. The van der Waals surface area contributed by atoms with Crippen LogP contribution in [0.2, 0.25) is 0 Å². The average Bonchev–Trinajstić information content (AvgIpc) is 2.89. The number of rotatable bonds is 4. The Bertz CT molecular complexity index is 765. The van der Waals surface area contributed by atoms with E-state index in [4.69, 9.17) is 0 Å². The fourth-order valence-electron chi connectivity index (χ4n) is 2.08. The maximum absolute atomic E-state index is 4.50. The molecular weight excluding hydrogens is 300 g/mol. The molecule has 0 N–H and O–H groups in total. The van der Waals surface area contributed by atoms with Gasteiger partial charge in [-0.1, -0.05) is 23.9 Å². The molecule has 1 aromatic carbocycles. The predicted octanol–water partition coefficient (Wildman–Crippen LogP) is 3.76. The number of hydrogen-bond acceptors (Lipinski definition) is 5. The molecule has 0 unspecified atom stereocenters. The van der Waals surface area contributed by atoms with Gasteiger partial charge in [0, 0.05) is 22.0 Å². The summed E-state index contributed by atoms with van der Waals surface area (Å²) in [5.41, 5.74) is 3.30. The van der Waals surface area contributed by atoms with E-state index in [1.54, 1.807) is 28.0 Å². The fraction of sp³-hybridized carbons (Fsp3) is 0.267. The molecule has 0 saturated carbocycles. The Morgan fingerprint density at radius 2 is 1.86 bits per heavy atom. The summed E-state index contributed by atoms with van der Waals surface area (Å²) in [6, 6.07) is 10.6. The molecule has 0 atom stereocenters. The van der Waals surface area contributed by atoms with Gasteiger partial charge in [-0.3, -0.25) is 0 Å². The van der Waals surface area contributed by atoms with E-state index in [9.17, 15) is 0 Å². The second-order valence-electron chi connectivity index (χ2n) is 4.78. The van der Waals surface area contributed by atoms with Crippen molar-refractivity contribution in [3.8, 4) is 0 Å². The Morgan fingerprint density at radius 3 is 2.57 bits per heavy atom. The molecule has 3 aromatic rings. The van der Waals surface area contributed by atoms with Crippen molar-refractivity contribution in [3.63, 3.8) is 0 Å². The van der Waals surface area contributed by atoms with Crippen LogP contribution in [0.3, 0.4) is 0 Å². The van der Waals surface area contributed by atoms with Gasteiger partial charge in [0.1, 0.15) is 0 Å². The van der Waals surface area contributed by atoms with Crippen LogP contribution in [-0.4, -0.2) is 25.8 Å². The van der Waals surface area contributed by atoms with Gasteiger partial charge in [-0.05, 0) is 43.9 Å². The number of benzene rings is 1. The van der Waals surface area contributed by atoms with Gasteiger partial charge in [0.25, 0.3) is 5.78 Å². The van der Waals surface area contributed by atoms with Crippen molar-refractivity contribution in [2.75, 3.05) is 6.26 Å². The monoisotopic (exact) mass is 316 g/mol. The van der Waals surface area contributed by atoms with Gasteiger partial charge in [-0.15, -0.1) is 16.9 Å². The van der Waals surface area contributed by atoms with Crippen LogP contribution in [0.4, 0.5) is 0 Å². The van der Waals surface area contributed by atoms with E-state index in [2.05, 4.69) is 45.6 Å². The Kier molecular flexibility index (Phi) is 4.17. The smallest absolute Gasteiger partial charge is 0.216 e. The minimum atomic E-state index is 0.674. The van der Waals surface area contributed by atoms with Gasteiger partial charge < -0.3 is 0 Å². The molecule has 0 bridgehead atoms. The van der Waals surface area contributed by atoms with Crippen LogP contribution in [0.25, 0.3) is 5.78 Å². The van der Waals surface area contributed by atoms with Gasteiger partial charge >= 0.3 is 0 Å². The van der Waals surface area contributed by atoms with E-state index in [1.807, 2.05) is 19.9 Å². The van der Waals surface area contributed by atoms with Crippen molar-refractivity contribution < 1.29 is 0 Å². The lowest BCUT2D eigenvalue weighted by molar-refractivity contribution is 0.843. The second kappa shape index (κ2) is 6.07. The summed E-state index contributed by atoms with van der Waals surface area (Å²) >= 11 is 3.39. The lowest BCUT2D eigenvalue weighted by atomic mass is 10.2. The van der Waals surface area contributed by atoms with Gasteiger partial charge in [-0.25, -0.2) is 9.50 Å². The van der Waals surface area contributed by atoms with Crippen LogP contribution in [-0.2, 0) is 5.75 Å². The van der Waals surface area contributed by atoms with Crippen molar-refractivity contribution in [1.29, 1.82) is 0 Å². The fourth-order valence-corrected chi connectivity index (χ4v) is 3.26. The van der Waals surface area contributed by atoms with Gasteiger partial charge in [-0.2, -0.15) is 4.98 Å². The van der Waals surface area contributed by atoms with Crippen molar-refractivity contribution in [2.45, 2.75) is 29.7 Å². The Labute approximate surface area is 132 Å². The molecule has 0 saturated heterocycles. The van der Waals surface area contributed by atoms with Crippen LogP contribution in [0.1, 0.15) is 17.0 Å². The number of nitrogens with zero attached hydrogens (tertiary/aromatic N) is 4. The van der Waals surface area contributed by atoms with Crippen molar-refractivity contribution >= 4 is 29.3 Å². The SMILES string of the molecule is CSc1ccc(CSc2nc3nc(C)cc(C)n3n2)cc1. The second-order valence-corrected chi connectivity index (χ2v) is 6.60. The molecule has 0 aliphatic carbocycles. The number of hydrogen-bond donors (Lipinski definition) is 0. The summed E-state index contributed by atoms with van der Waals surface area (Å²) in [5, 5.41) is 5.27. The summed E-state index contributed by atoms with van der Waals surface area (Å²) < 4.78 is 1.80. The van der Waals surface area contributed by atoms with Crippen molar-refractivity contribution in [2.24, 2.45) is 0 Å². The van der Waals surface area contributed by atoms with Gasteiger partial charge in [0.05, 0.1) is 0 Å². The molecule has 108 valence electrons. The molecule has 6 heteroatoms. The van der Waals surface area contributed by atoms with Gasteiger partial charge in [0.15, 0.2) is 0 Å². The van der Waals surface area contributed by atoms with Gasteiger partial charge in [0.2, 0.25) is 5.16 Å². The number of aryl methyl sites for hydroxylation is 2. The Morgan fingerprint density at radius 1 is 1.10 bits per heavy atom. The number of aromatic nitrogens is 4. The number of thioether (sulfide) groups is 2. The lowest BCUT2D eigenvalue weighted by Crippen LogP contribution is -1.97. The largest absolute Gasteiger partial charge is 0.253 e. The standard InChI is InChI=1S/C15H16N4S2/c1-10-8-11(2)19-14(16-10)17-15(18-19)21-9-12-4-6-13(20-3)7-5-12/h4-8H,9H2,1-3H3. The molecule has 3 rings (SSSR count). The Hall–Kier alpha value is -1.53. The maximum Gasteiger partial charge on any atom is 0.253 e. The highest BCUT2D eigenvalue weighted by atomic mass is 32.2. The molecule has 2 aromatic heterocycles. The molecule has 0 radical (unpaired) electrons. The van der Waals surface area contributed by atoms with Crippen LogP contribution in [0.5, 0.6) is 0 Å². The summed E-state index contributed by atoms with van der Waals surface area (Å²) in [4.78, 5) is 10.2. The topological polar surface area (TPSA) is 43.1 Å². The molecule has 0 aliphatic heterocycles. The van der Waals surface area contributed by atoms with Crippen molar-refractivity contribution in [1.82, 2.24) is 19.6 Å². The van der Waals surface area contributed by atoms with Crippen LogP contribution < -0.4 is 0 Å². The Balaban J connectivity index is 1.77. The predicted molar refractivity (Wildman–Crippen MR) is 88.0 cm³/mol. The zero-order chi connectivity index (χ0) is 14.8. The highest BCUT2D eigenvalue weighted by Crippen LogP contribution is 2.22. The van der Waals surface area contributed by atoms with Crippen LogP contribution >= 0.6 is 23.5 Å². The van der Waals surface area contributed by atoms with Crippen LogP contribution in [0.15, 0.2) is 40.4 Å². The summed E-state index contributed by atoms with van der Waals surface area (Å²) in [6.07, 6.45) is 2.08. The normalized spacial score (nSPS) is 11.2. The minimum Gasteiger partial charge on any atom is -0.216 e. The van der Waals surface area contributed by atoms with E-state index in [-0.39, 0.29) is 0 Å². The molecule has 0 aliphatic rings. The first-order valence-corrected chi connectivity index (χ1v) is 8.83. The zero-order valence-electron chi connectivity index (χ0n) is 12.2. The van der Waals surface area contributed by atoms with Crippen LogP contribution in [0, 0.1) is 13.8 Å². The summed E-state index contributed by atoms with van der Waals surface area (Å²) in [5.74, 6) is 1.54. The maximum atomic E-state index is 4.50. The first-order chi connectivity index (χ1) is 10.2. The van der Waals surface area contributed by atoms with E-state index in [0.29, 0.717) is 5.78 Å². The summed E-state index contributed by atoms with van der Waals surface area (Å²) in [6.45, 7) is 3.99.